The first-order chi connectivity index (χ1) is 9.78. The van der Waals surface area contributed by atoms with Crippen LogP contribution in [0.1, 0.15) is 5.56 Å². The minimum Gasteiger partial charge on any atom is -0.167 e. The molecule has 0 amide bonds. The molecule has 0 bridgehead atoms. The van der Waals surface area contributed by atoms with E-state index in [4.69, 9.17) is 0 Å². The summed E-state index contributed by atoms with van der Waals surface area (Å²) in [6, 6.07) is 16.6. The highest BCUT2D eigenvalue weighted by molar-refractivity contribution is 9.08. The van der Waals surface area contributed by atoms with Crippen LogP contribution in [-0.4, -0.2) is 20.2 Å². The van der Waals surface area contributed by atoms with Gasteiger partial charge in [-0.1, -0.05) is 64.5 Å². The van der Waals surface area contributed by atoms with Crippen LogP contribution in [0, 0.1) is 0 Å². The Kier molecular flexibility index (Phi) is 3.60. The molecule has 0 aliphatic rings. The predicted octanol–water partition coefficient (Wildman–Crippen LogP) is 3.44. The fourth-order valence-electron chi connectivity index (χ4n) is 2.10. The standard InChI is InChI=1S/C15H13BrN4/c1-20-18-15(17-19-20)14-5-3-2-4-13(14)12-8-6-11(10-16)7-9-12/h2-9H,10H2,1H3. The molecule has 1 heterocycles. The molecule has 0 fully saturated rings. The molecule has 0 saturated carbocycles. The SMILES string of the molecule is Cn1nnc(-c2ccccc2-c2ccc(CBr)cc2)n1. The van der Waals surface area contributed by atoms with Crippen molar-refractivity contribution in [2.24, 2.45) is 7.05 Å². The van der Waals surface area contributed by atoms with E-state index in [9.17, 15) is 0 Å². The molecule has 100 valence electrons. The largest absolute Gasteiger partial charge is 0.205 e. The van der Waals surface area contributed by atoms with Crippen LogP contribution in [0.3, 0.4) is 0 Å². The van der Waals surface area contributed by atoms with E-state index >= 15 is 0 Å². The lowest BCUT2D eigenvalue weighted by Gasteiger charge is -2.07. The molecule has 0 saturated heterocycles. The predicted molar refractivity (Wildman–Crippen MR) is 82.3 cm³/mol. The molecule has 3 rings (SSSR count). The average Bonchev–Trinajstić information content (AvgIpc) is 2.94. The van der Waals surface area contributed by atoms with Gasteiger partial charge in [0.1, 0.15) is 0 Å². The minimum absolute atomic E-state index is 0.646. The lowest BCUT2D eigenvalue weighted by Crippen LogP contribution is -1.92. The van der Waals surface area contributed by atoms with Crippen molar-refractivity contribution in [2.45, 2.75) is 5.33 Å². The van der Waals surface area contributed by atoms with Gasteiger partial charge >= 0.3 is 0 Å². The number of hydrogen-bond donors (Lipinski definition) is 0. The lowest BCUT2D eigenvalue weighted by atomic mass is 9.98. The highest BCUT2D eigenvalue weighted by Crippen LogP contribution is 2.29. The van der Waals surface area contributed by atoms with E-state index in [0.29, 0.717) is 5.82 Å². The summed E-state index contributed by atoms with van der Waals surface area (Å²) in [6.45, 7) is 0. The van der Waals surface area contributed by atoms with E-state index in [2.05, 4.69) is 61.7 Å². The van der Waals surface area contributed by atoms with Crippen molar-refractivity contribution in [3.63, 3.8) is 0 Å². The second-order valence-corrected chi connectivity index (χ2v) is 5.04. The summed E-state index contributed by atoms with van der Waals surface area (Å²) in [7, 11) is 1.77. The topological polar surface area (TPSA) is 43.6 Å². The van der Waals surface area contributed by atoms with E-state index < -0.39 is 0 Å². The third-order valence-corrected chi connectivity index (χ3v) is 3.74. The summed E-state index contributed by atoms with van der Waals surface area (Å²) in [6.07, 6.45) is 0. The number of benzene rings is 2. The Morgan fingerprint density at radius 1 is 1.00 bits per heavy atom. The Morgan fingerprint density at radius 2 is 1.70 bits per heavy atom. The van der Waals surface area contributed by atoms with E-state index in [1.807, 2.05) is 18.2 Å². The second-order valence-electron chi connectivity index (χ2n) is 4.48. The molecule has 0 spiro atoms. The van der Waals surface area contributed by atoms with E-state index in [1.165, 1.54) is 10.4 Å². The zero-order valence-corrected chi connectivity index (χ0v) is 12.6. The van der Waals surface area contributed by atoms with Gasteiger partial charge in [-0.2, -0.15) is 4.80 Å². The van der Waals surface area contributed by atoms with Gasteiger partial charge in [-0.15, -0.1) is 10.2 Å². The maximum Gasteiger partial charge on any atom is 0.205 e. The second kappa shape index (κ2) is 5.54. The molecule has 4 nitrogen and oxygen atoms in total. The molecule has 0 radical (unpaired) electrons. The molecule has 2 aromatic carbocycles. The van der Waals surface area contributed by atoms with Crippen LogP contribution < -0.4 is 0 Å². The smallest absolute Gasteiger partial charge is 0.167 e. The summed E-state index contributed by atoms with van der Waals surface area (Å²) in [5.74, 6) is 0.646. The number of nitrogens with zero attached hydrogens (tertiary/aromatic N) is 4. The molecule has 0 unspecified atom stereocenters. The normalized spacial score (nSPS) is 10.7. The Bertz CT molecular complexity index is 719. The van der Waals surface area contributed by atoms with E-state index in [0.717, 1.165) is 22.0 Å². The summed E-state index contributed by atoms with van der Waals surface area (Å²) in [4.78, 5) is 1.47. The number of aromatic nitrogens is 4. The van der Waals surface area contributed by atoms with E-state index in [1.54, 1.807) is 7.05 Å². The lowest BCUT2D eigenvalue weighted by molar-refractivity contribution is 0.630. The third-order valence-electron chi connectivity index (χ3n) is 3.10. The van der Waals surface area contributed by atoms with Crippen molar-refractivity contribution < 1.29 is 0 Å². The Hall–Kier alpha value is -2.01. The van der Waals surface area contributed by atoms with Crippen molar-refractivity contribution in [2.75, 3.05) is 0 Å². The number of alkyl halides is 1. The van der Waals surface area contributed by atoms with Crippen LogP contribution in [0.2, 0.25) is 0 Å². The van der Waals surface area contributed by atoms with Gasteiger partial charge in [-0.3, -0.25) is 0 Å². The third kappa shape index (κ3) is 2.49. The van der Waals surface area contributed by atoms with E-state index in [-0.39, 0.29) is 0 Å². The highest BCUT2D eigenvalue weighted by atomic mass is 79.9. The van der Waals surface area contributed by atoms with Gasteiger partial charge in [0, 0.05) is 10.9 Å². The highest BCUT2D eigenvalue weighted by Gasteiger charge is 2.11. The molecular formula is C15H13BrN4. The number of halogens is 1. The van der Waals surface area contributed by atoms with Crippen LogP contribution >= 0.6 is 15.9 Å². The monoisotopic (exact) mass is 328 g/mol. The maximum absolute atomic E-state index is 4.29. The van der Waals surface area contributed by atoms with Crippen molar-refractivity contribution in [1.82, 2.24) is 20.2 Å². The minimum atomic E-state index is 0.646. The first-order valence-corrected chi connectivity index (χ1v) is 7.39. The maximum atomic E-state index is 4.29. The van der Waals surface area contributed by atoms with Crippen molar-refractivity contribution in [3.05, 3.63) is 54.1 Å². The van der Waals surface area contributed by atoms with Crippen LogP contribution in [0.5, 0.6) is 0 Å². The molecule has 0 N–H and O–H groups in total. The first kappa shape index (κ1) is 13.0. The summed E-state index contributed by atoms with van der Waals surface area (Å²) in [5, 5.41) is 13.2. The Balaban J connectivity index is 2.09. The van der Waals surface area contributed by atoms with Gasteiger partial charge in [-0.05, 0) is 21.9 Å². The molecule has 5 heteroatoms. The molecule has 0 aliphatic carbocycles. The van der Waals surface area contributed by atoms with Gasteiger partial charge in [0.2, 0.25) is 5.82 Å². The van der Waals surface area contributed by atoms with Gasteiger partial charge in [0.25, 0.3) is 0 Å². The zero-order chi connectivity index (χ0) is 13.9. The van der Waals surface area contributed by atoms with Crippen LogP contribution in [-0.2, 0) is 12.4 Å². The van der Waals surface area contributed by atoms with Crippen molar-refractivity contribution in [1.29, 1.82) is 0 Å². The molecule has 1 aromatic heterocycles. The number of aryl methyl sites for hydroxylation is 1. The fourth-order valence-corrected chi connectivity index (χ4v) is 2.47. The van der Waals surface area contributed by atoms with Gasteiger partial charge in [0.15, 0.2) is 0 Å². The molecular weight excluding hydrogens is 316 g/mol. The Morgan fingerprint density at radius 3 is 2.30 bits per heavy atom. The quantitative estimate of drug-likeness (QED) is 0.692. The molecule has 20 heavy (non-hydrogen) atoms. The van der Waals surface area contributed by atoms with Gasteiger partial charge in [0.05, 0.1) is 7.05 Å². The molecule has 3 aromatic rings. The molecule has 0 atom stereocenters. The number of rotatable bonds is 3. The summed E-state index contributed by atoms with van der Waals surface area (Å²) in [5.41, 5.74) is 4.51. The van der Waals surface area contributed by atoms with Crippen LogP contribution in [0.15, 0.2) is 48.5 Å². The zero-order valence-electron chi connectivity index (χ0n) is 11.0. The summed E-state index contributed by atoms with van der Waals surface area (Å²) < 4.78 is 0. The van der Waals surface area contributed by atoms with Crippen LogP contribution in [0.25, 0.3) is 22.5 Å². The average molecular weight is 329 g/mol. The first-order valence-electron chi connectivity index (χ1n) is 6.26. The molecule has 0 aliphatic heterocycles. The number of hydrogen-bond acceptors (Lipinski definition) is 3. The van der Waals surface area contributed by atoms with Crippen LogP contribution in [0.4, 0.5) is 0 Å². The van der Waals surface area contributed by atoms with Gasteiger partial charge < -0.3 is 0 Å². The van der Waals surface area contributed by atoms with Gasteiger partial charge in [-0.25, -0.2) is 0 Å². The number of tetrazole rings is 1. The Labute approximate surface area is 125 Å². The fraction of sp³-hybridized carbons (Fsp3) is 0.133. The van der Waals surface area contributed by atoms with Crippen molar-refractivity contribution in [3.8, 4) is 22.5 Å². The summed E-state index contributed by atoms with van der Waals surface area (Å²) >= 11 is 3.46. The van der Waals surface area contributed by atoms with Crippen molar-refractivity contribution >= 4 is 15.9 Å².